The highest BCUT2D eigenvalue weighted by molar-refractivity contribution is 5.21. The van der Waals surface area contributed by atoms with Crippen molar-refractivity contribution >= 4 is 0 Å². The van der Waals surface area contributed by atoms with Gasteiger partial charge < -0.3 is 10.8 Å². The lowest BCUT2D eigenvalue weighted by molar-refractivity contribution is 0.141. The second-order valence-electron chi connectivity index (χ2n) is 4.85. The van der Waals surface area contributed by atoms with Crippen molar-refractivity contribution in [2.75, 3.05) is 0 Å². The minimum absolute atomic E-state index is 0.158. The van der Waals surface area contributed by atoms with Crippen molar-refractivity contribution < 1.29 is 13.9 Å². The average Bonchev–Trinajstić information content (AvgIpc) is 2.37. The Kier molecular flexibility index (Phi) is 4.42. The molecule has 0 fully saturated rings. The molecule has 0 aliphatic rings. The van der Waals surface area contributed by atoms with E-state index in [4.69, 9.17) is 5.73 Å². The van der Waals surface area contributed by atoms with Crippen LogP contribution in [0.3, 0.4) is 0 Å². The Morgan fingerprint density at radius 2 is 1.85 bits per heavy atom. The van der Waals surface area contributed by atoms with Crippen LogP contribution in [0.4, 0.5) is 8.78 Å². The topological polar surface area (TPSA) is 59.1 Å². The largest absolute Gasteiger partial charge is 0.385 e. The number of aliphatic hydroxyl groups is 1. The number of aromatic nitrogens is 1. The lowest BCUT2D eigenvalue weighted by Crippen LogP contribution is -2.31. The SMILES string of the molecule is Cc1ccc(C(O)[C@@H](N)Cc2cc(F)cc(F)c2)nc1. The summed E-state index contributed by atoms with van der Waals surface area (Å²) < 4.78 is 26.2. The van der Waals surface area contributed by atoms with Gasteiger partial charge in [0.05, 0.1) is 5.69 Å². The summed E-state index contributed by atoms with van der Waals surface area (Å²) in [5, 5.41) is 10.1. The van der Waals surface area contributed by atoms with Gasteiger partial charge in [-0.15, -0.1) is 0 Å². The molecule has 0 radical (unpaired) electrons. The molecule has 0 spiro atoms. The summed E-state index contributed by atoms with van der Waals surface area (Å²) in [5.41, 5.74) is 7.71. The molecule has 1 unspecified atom stereocenters. The Labute approximate surface area is 116 Å². The van der Waals surface area contributed by atoms with Gasteiger partial charge in [0.25, 0.3) is 0 Å². The van der Waals surface area contributed by atoms with E-state index in [1.54, 1.807) is 12.3 Å². The van der Waals surface area contributed by atoms with Crippen molar-refractivity contribution in [3.05, 3.63) is 65.0 Å². The van der Waals surface area contributed by atoms with Crippen LogP contribution in [0.5, 0.6) is 0 Å². The smallest absolute Gasteiger partial charge is 0.126 e. The van der Waals surface area contributed by atoms with Crippen LogP contribution in [0, 0.1) is 18.6 Å². The maximum atomic E-state index is 13.1. The Morgan fingerprint density at radius 3 is 2.40 bits per heavy atom. The van der Waals surface area contributed by atoms with Gasteiger partial charge in [-0.3, -0.25) is 4.98 Å². The number of aryl methyl sites for hydroxylation is 1. The summed E-state index contributed by atoms with van der Waals surface area (Å²) in [4.78, 5) is 4.10. The molecule has 0 aliphatic heterocycles. The van der Waals surface area contributed by atoms with E-state index in [0.717, 1.165) is 11.6 Å². The third-order valence-corrected chi connectivity index (χ3v) is 3.04. The Hall–Kier alpha value is -1.85. The van der Waals surface area contributed by atoms with Gasteiger partial charge >= 0.3 is 0 Å². The molecule has 106 valence electrons. The maximum Gasteiger partial charge on any atom is 0.126 e. The van der Waals surface area contributed by atoms with Crippen molar-refractivity contribution in [2.45, 2.75) is 25.5 Å². The second kappa shape index (κ2) is 6.07. The Morgan fingerprint density at radius 1 is 1.20 bits per heavy atom. The molecule has 0 aliphatic carbocycles. The van der Waals surface area contributed by atoms with E-state index in [1.165, 1.54) is 12.1 Å². The number of pyridine rings is 1. The third-order valence-electron chi connectivity index (χ3n) is 3.04. The van der Waals surface area contributed by atoms with Crippen molar-refractivity contribution in [1.82, 2.24) is 4.98 Å². The molecular weight excluding hydrogens is 262 g/mol. The number of halogens is 2. The van der Waals surface area contributed by atoms with Gasteiger partial charge in [-0.1, -0.05) is 6.07 Å². The predicted molar refractivity (Wildman–Crippen MR) is 72.0 cm³/mol. The van der Waals surface area contributed by atoms with E-state index >= 15 is 0 Å². The molecular formula is C15H16F2N2O. The van der Waals surface area contributed by atoms with E-state index in [9.17, 15) is 13.9 Å². The fourth-order valence-corrected chi connectivity index (χ4v) is 1.99. The summed E-state index contributed by atoms with van der Waals surface area (Å²) in [7, 11) is 0. The first-order valence-corrected chi connectivity index (χ1v) is 6.27. The van der Waals surface area contributed by atoms with Crippen LogP contribution in [-0.4, -0.2) is 16.1 Å². The number of nitrogens with two attached hydrogens (primary N) is 1. The molecule has 20 heavy (non-hydrogen) atoms. The van der Waals surface area contributed by atoms with E-state index in [0.29, 0.717) is 11.3 Å². The highest BCUT2D eigenvalue weighted by Crippen LogP contribution is 2.18. The van der Waals surface area contributed by atoms with Crippen LogP contribution < -0.4 is 5.73 Å². The van der Waals surface area contributed by atoms with Gasteiger partial charge in [-0.05, 0) is 42.7 Å². The van der Waals surface area contributed by atoms with E-state index in [1.807, 2.05) is 13.0 Å². The normalized spacial score (nSPS) is 14.1. The average molecular weight is 278 g/mol. The van der Waals surface area contributed by atoms with Crippen LogP contribution in [0.2, 0.25) is 0 Å². The summed E-state index contributed by atoms with van der Waals surface area (Å²) in [6.45, 7) is 1.89. The fourth-order valence-electron chi connectivity index (χ4n) is 1.99. The molecule has 0 saturated heterocycles. The summed E-state index contributed by atoms with van der Waals surface area (Å²) in [6.07, 6.45) is 0.806. The quantitative estimate of drug-likeness (QED) is 0.902. The molecule has 2 rings (SSSR count). The lowest BCUT2D eigenvalue weighted by atomic mass is 9.99. The zero-order valence-electron chi connectivity index (χ0n) is 11.1. The molecule has 3 N–H and O–H groups in total. The second-order valence-corrected chi connectivity index (χ2v) is 4.85. The van der Waals surface area contributed by atoms with Gasteiger partial charge in [-0.25, -0.2) is 8.78 Å². The number of benzene rings is 1. The van der Waals surface area contributed by atoms with Gasteiger partial charge in [0.15, 0.2) is 0 Å². The Bertz CT molecular complexity index is 567. The number of aliphatic hydroxyl groups excluding tert-OH is 1. The summed E-state index contributed by atoms with van der Waals surface area (Å²) in [6, 6.07) is 6.03. The number of rotatable bonds is 4. The van der Waals surface area contributed by atoms with Gasteiger partial charge in [-0.2, -0.15) is 0 Å². The van der Waals surface area contributed by atoms with Crippen molar-refractivity contribution in [1.29, 1.82) is 0 Å². The van der Waals surface area contributed by atoms with E-state index in [2.05, 4.69) is 4.98 Å². The monoisotopic (exact) mass is 278 g/mol. The summed E-state index contributed by atoms with van der Waals surface area (Å²) >= 11 is 0. The molecule has 0 saturated carbocycles. The fraction of sp³-hybridized carbons (Fsp3) is 0.267. The maximum absolute atomic E-state index is 13.1. The standard InChI is InChI=1S/C15H16F2N2O/c1-9-2-3-14(19-8-9)15(20)13(18)6-10-4-11(16)7-12(17)5-10/h2-5,7-8,13,15,20H,6,18H2,1H3/t13-,15?/m0/s1. The van der Waals surface area contributed by atoms with Crippen molar-refractivity contribution in [3.8, 4) is 0 Å². The van der Waals surface area contributed by atoms with Gasteiger partial charge in [0, 0.05) is 18.3 Å². The molecule has 1 heterocycles. The minimum atomic E-state index is -0.984. The van der Waals surface area contributed by atoms with Gasteiger partial charge in [0.1, 0.15) is 17.7 Å². The van der Waals surface area contributed by atoms with E-state index in [-0.39, 0.29) is 6.42 Å². The molecule has 1 aromatic carbocycles. The summed E-state index contributed by atoms with van der Waals surface area (Å²) in [5.74, 6) is -1.31. The van der Waals surface area contributed by atoms with Crippen LogP contribution in [0.1, 0.15) is 22.9 Å². The lowest BCUT2D eigenvalue weighted by Gasteiger charge is -2.18. The van der Waals surface area contributed by atoms with Crippen LogP contribution in [0.15, 0.2) is 36.5 Å². The zero-order valence-corrected chi connectivity index (χ0v) is 11.1. The first-order chi connectivity index (χ1) is 9.45. The van der Waals surface area contributed by atoms with Crippen molar-refractivity contribution in [3.63, 3.8) is 0 Å². The number of nitrogens with zero attached hydrogens (tertiary/aromatic N) is 1. The highest BCUT2D eigenvalue weighted by Gasteiger charge is 2.19. The van der Waals surface area contributed by atoms with Crippen LogP contribution in [0.25, 0.3) is 0 Å². The van der Waals surface area contributed by atoms with E-state index < -0.39 is 23.8 Å². The van der Waals surface area contributed by atoms with Gasteiger partial charge in [0.2, 0.25) is 0 Å². The molecule has 2 atom stereocenters. The molecule has 2 aromatic rings. The molecule has 0 bridgehead atoms. The number of hydrogen-bond donors (Lipinski definition) is 2. The minimum Gasteiger partial charge on any atom is -0.385 e. The highest BCUT2D eigenvalue weighted by atomic mass is 19.1. The number of hydrogen-bond acceptors (Lipinski definition) is 3. The van der Waals surface area contributed by atoms with Crippen LogP contribution >= 0.6 is 0 Å². The molecule has 1 aromatic heterocycles. The molecule has 3 nitrogen and oxygen atoms in total. The predicted octanol–water partition coefficient (Wildman–Crippen LogP) is 2.27. The zero-order chi connectivity index (χ0) is 14.7. The Balaban J connectivity index is 2.10. The molecule has 5 heteroatoms. The first kappa shape index (κ1) is 14.6. The van der Waals surface area contributed by atoms with Crippen LogP contribution in [-0.2, 0) is 6.42 Å². The van der Waals surface area contributed by atoms with Crippen molar-refractivity contribution in [2.24, 2.45) is 5.73 Å². The first-order valence-electron chi connectivity index (χ1n) is 6.27. The third kappa shape index (κ3) is 3.59. The molecule has 0 amide bonds.